The molecule has 1 nitrogen and oxygen atoms in total. The minimum absolute atomic E-state index is 0.229. The van der Waals surface area contributed by atoms with E-state index in [0.29, 0.717) is 0 Å². The maximum atomic E-state index is 12.8. The van der Waals surface area contributed by atoms with Gasteiger partial charge in [0, 0.05) is 15.2 Å². The maximum Gasteiger partial charge on any atom is 0.0895 e. The molecule has 1 aliphatic rings. The summed E-state index contributed by atoms with van der Waals surface area (Å²) in [7, 11) is -0.869. The summed E-state index contributed by atoms with van der Waals surface area (Å²) in [5.41, 5.74) is 0. The van der Waals surface area contributed by atoms with Crippen LogP contribution in [0.25, 0.3) is 10.8 Å². The lowest BCUT2D eigenvalue weighted by molar-refractivity contribution is 0.639. The molecular formula is C17H20OS2. The van der Waals surface area contributed by atoms with Crippen molar-refractivity contribution in [2.45, 2.75) is 53.4 Å². The van der Waals surface area contributed by atoms with Crippen molar-refractivity contribution in [1.82, 2.24) is 0 Å². The fourth-order valence-electron chi connectivity index (χ4n) is 2.77. The molecule has 0 amide bonds. The van der Waals surface area contributed by atoms with Crippen LogP contribution in [0.5, 0.6) is 0 Å². The molecule has 0 N–H and O–H groups in total. The molecule has 0 aromatic heterocycles. The quantitative estimate of drug-likeness (QED) is 0.693. The van der Waals surface area contributed by atoms with Crippen molar-refractivity contribution in [1.29, 1.82) is 0 Å². The van der Waals surface area contributed by atoms with Crippen LogP contribution in [0.3, 0.4) is 0 Å². The molecule has 1 heterocycles. The van der Waals surface area contributed by atoms with E-state index in [9.17, 15) is 4.21 Å². The molecule has 2 aromatic rings. The summed E-state index contributed by atoms with van der Waals surface area (Å²) in [6.07, 6.45) is 6.05. The fourth-order valence-corrected chi connectivity index (χ4v) is 6.18. The van der Waals surface area contributed by atoms with Crippen molar-refractivity contribution in [3.05, 3.63) is 36.4 Å². The van der Waals surface area contributed by atoms with Gasteiger partial charge in [-0.05, 0) is 23.9 Å². The summed E-state index contributed by atoms with van der Waals surface area (Å²) in [6.45, 7) is 2.23. The molecule has 106 valence electrons. The highest BCUT2D eigenvalue weighted by molar-refractivity contribution is 8.12. The van der Waals surface area contributed by atoms with Crippen LogP contribution in [0, 0.1) is 0 Å². The van der Waals surface area contributed by atoms with Gasteiger partial charge in [0.15, 0.2) is 0 Å². The molecule has 20 heavy (non-hydrogen) atoms. The second-order valence-electron chi connectivity index (χ2n) is 5.30. The van der Waals surface area contributed by atoms with Crippen molar-refractivity contribution in [2.24, 2.45) is 0 Å². The monoisotopic (exact) mass is 304 g/mol. The smallest absolute Gasteiger partial charge is 0.0895 e. The minimum Gasteiger partial charge on any atom is -0.253 e. The van der Waals surface area contributed by atoms with Crippen LogP contribution < -0.4 is 0 Å². The Morgan fingerprint density at radius 1 is 1.10 bits per heavy atom. The van der Waals surface area contributed by atoms with Crippen molar-refractivity contribution >= 4 is 33.3 Å². The first-order valence-electron chi connectivity index (χ1n) is 7.40. The molecule has 0 fully saturated rings. The molecule has 2 unspecified atom stereocenters. The predicted octanol–water partition coefficient (Wildman–Crippen LogP) is 5.35. The topological polar surface area (TPSA) is 17.1 Å². The van der Waals surface area contributed by atoms with Gasteiger partial charge in [-0.15, -0.1) is 11.8 Å². The summed E-state index contributed by atoms with van der Waals surface area (Å²) in [5.74, 6) is 0. The van der Waals surface area contributed by atoms with Gasteiger partial charge in [0.25, 0.3) is 0 Å². The molecule has 3 heteroatoms. The maximum absolute atomic E-state index is 12.8. The number of rotatable bonds is 5. The minimum atomic E-state index is -0.869. The van der Waals surface area contributed by atoms with Gasteiger partial charge in [-0.2, -0.15) is 0 Å². The lowest BCUT2D eigenvalue weighted by atomic mass is 10.1. The highest BCUT2D eigenvalue weighted by atomic mass is 32.2. The molecule has 0 saturated heterocycles. The average molecular weight is 304 g/mol. The van der Waals surface area contributed by atoms with E-state index < -0.39 is 10.8 Å². The van der Waals surface area contributed by atoms with E-state index in [2.05, 4.69) is 31.2 Å². The molecule has 0 radical (unpaired) electrons. The van der Waals surface area contributed by atoms with Crippen LogP contribution >= 0.6 is 11.8 Å². The Hall–Kier alpha value is -0.800. The number of hydrogen-bond acceptors (Lipinski definition) is 2. The van der Waals surface area contributed by atoms with Gasteiger partial charge in [-0.25, -0.2) is 0 Å². The zero-order chi connectivity index (χ0) is 13.9. The van der Waals surface area contributed by atoms with Crippen LogP contribution in [-0.2, 0) is 10.8 Å². The molecule has 1 aliphatic heterocycles. The van der Waals surface area contributed by atoms with Gasteiger partial charge in [-0.1, -0.05) is 56.9 Å². The summed E-state index contributed by atoms with van der Waals surface area (Å²) in [6, 6.07) is 12.6. The summed E-state index contributed by atoms with van der Waals surface area (Å²) in [5, 5.41) is 2.42. The molecular weight excluding hydrogens is 284 g/mol. The van der Waals surface area contributed by atoms with E-state index >= 15 is 0 Å². The number of thioether (sulfide) groups is 1. The summed E-state index contributed by atoms with van der Waals surface area (Å²) >= 11 is 1.82. The molecule has 0 aliphatic carbocycles. The van der Waals surface area contributed by atoms with Crippen LogP contribution in [0.15, 0.2) is 46.2 Å². The van der Waals surface area contributed by atoms with Gasteiger partial charge >= 0.3 is 0 Å². The van der Waals surface area contributed by atoms with Crippen molar-refractivity contribution in [3.63, 3.8) is 0 Å². The third-order valence-electron chi connectivity index (χ3n) is 3.84. The van der Waals surface area contributed by atoms with Crippen LogP contribution in [0.1, 0.15) is 39.0 Å². The van der Waals surface area contributed by atoms with Crippen molar-refractivity contribution in [3.8, 4) is 0 Å². The summed E-state index contributed by atoms with van der Waals surface area (Å²) in [4.78, 5) is 2.34. The van der Waals surface area contributed by atoms with Crippen molar-refractivity contribution in [2.75, 3.05) is 0 Å². The molecule has 0 bridgehead atoms. The van der Waals surface area contributed by atoms with E-state index in [4.69, 9.17) is 0 Å². The third kappa shape index (κ3) is 2.66. The standard InChI is InChI=1S/C17H20OS2/c1-2-3-4-5-12-16-19-14-10-6-8-13-9-7-11-15(17(13)14)20(16)18/h6-11,16H,2-5,12H2,1H3. The lowest BCUT2D eigenvalue weighted by Crippen LogP contribution is -2.15. The number of unbranched alkanes of at least 4 members (excludes halogenated alkanes) is 3. The van der Waals surface area contributed by atoms with E-state index in [-0.39, 0.29) is 4.58 Å². The van der Waals surface area contributed by atoms with Gasteiger partial charge < -0.3 is 0 Å². The van der Waals surface area contributed by atoms with Crippen LogP contribution in [0.2, 0.25) is 0 Å². The first kappa shape index (κ1) is 14.2. The molecule has 2 aromatic carbocycles. The van der Waals surface area contributed by atoms with Gasteiger partial charge in [0.05, 0.1) is 15.4 Å². The molecule has 0 spiro atoms. The average Bonchev–Trinajstić information content (AvgIpc) is 2.48. The fraction of sp³-hybridized carbons (Fsp3) is 0.412. The van der Waals surface area contributed by atoms with Gasteiger partial charge in [0.2, 0.25) is 0 Å². The van der Waals surface area contributed by atoms with E-state index in [0.717, 1.165) is 11.3 Å². The SMILES string of the molecule is CCCCCCC1Sc2cccc3cccc(c23)S1=O. The van der Waals surface area contributed by atoms with Gasteiger partial charge in [0.1, 0.15) is 0 Å². The predicted molar refractivity (Wildman–Crippen MR) is 88.8 cm³/mol. The number of benzene rings is 2. The first-order valence-corrected chi connectivity index (χ1v) is 9.49. The Labute approximate surface area is 127 Å². The molecule has 2 atom stereocenters. The zero-order valence-corrected chi connectivity index (χ0v) is 13.4. The van der Waals surface area contributed by atoms with E-state index in [1.165, 1.54) is 41.4 Å². The summed E-state index contributed by atoms with van der Waals surface area (Å²) < 4.78 is 13.0. The van der Waals surface area contributed by atoms with Crippen LogP contribution in [0.4, 0.5) is 0 Å². The Balaban J connectivity index is 1.85. The highest BCUT2D eigenvalue weighted by Crippen LogP contribution is 2.43. The lowest BCUT2D eigenvalue weighted by Gasteiger charge is -2.24. The highest BCUT2D eigenvalue weighted by Gasteiger charge is 2.27. The molecule has 3 rings (SSSR count). The largest absolute Gasteiger partial charge is 0.253 e. The number of hydrogen-bond donors (Lipinski definition) is 0. The Morgan fingerprint density at radius 2 is 1.90 bits per heavy atom. The Kier molecular flexibility index (Phi) is 4.47. The van der Waals surface area contributed by atoms with E-state index in [1.807, 2.05) is 23.9 Å². The zero-order valence-electron chi connectivity index (χ0n) is 11.8. The second-order valence-corrected chi connectivity index (χ2v) is 8.45. The Morgan fingerprint density at radius 3 is 2.70 bits per heavy atom. The van der Waals surface area contributed by atoms with E-state index in [1.54, 1.807) is 0 Å². The third-order valence-corrected chi connectivity index (χ3v) is 7.23. The van der Waals surface area contributed by atoms with Gasteiger partial charge in [-0.3, -0.25) is 4.21 Å². The second kappa shape index (κ2) is 6.31. The van der Waals surface area contributed by atoms with Crippen molar-refractivity contribution < 1.29 is 4.21 Å². The first-order chi connectivity index (χ1) is 9.81. The normalized spacial score (nSPS) is 21.2. The Bertz CT molecular complexity index is 631. The van der Waals surface area contributed by atoms with Crippen LogP contribution in [-0.4, -0.2) is 8.79 Å². The molecule has 0 saturated carbocycles.